The molecule has 5 heteroatoms. The fraction of sp³-hybridized carbons (Fsp3) is 0.125. The highest BCUT2D eigenvalue weighted by molar-refractivity contribution is 8.26. The molecule has 1 fully saturated rings. The number of rotatable bonds is 2. The lowest BCUT2D eigenvalue weighted by molar-refractivity contribution is -0.115. The molecule has 1 aromatic heterocycles. The molecule has 1 aliphatic heterocycles. The third-order valence-electron chi connectivity index (χ3n) is 3.20. The largest absolute Gasteiger partial charge is 0.457 e. The van der Waals surface area contributed by atoms with Crippen LogP contribution in [0.15, 0.2) is 39.7 Å². The Morgan fingerprint density at radius 1 is 1.24 bits per heavy atom. The SMILES string of the molecule is Cc1ccc(C)c(-c2ccc(/C=C3/SC(=S)NC3=O)o2)c1. The molecule has 0 saturated carbocycles. The van der Waals surface area contributed by atoms with Gasteiger partial charge >= 0.3 is 0 Å². The van der Waals surface area contributed by atoms with E-state index < -0.39 is 0 Å². The first-order chi connectivity index (χ1) is 10.0. The number of thioether (sulfide) groups is 1. The van der Waals surface area contributed by atoms with Gasteiger partial charge in [-0.3, -0.25) is 4.79 Å². The van der Waals surface area contributed by atoms with E-state index in [1.54, 1.807) is 6.08 Å². The smallest absolute Gasteiger partial charge is 0.263 e. The van der Waals surface area contributed by atoms with Gasteiger partial charge in [-0.05, 0) is 37.6 Å². The highest BCUT2D eigenvalue weighted by Crippen LogP contribution is 2.30. The van der Waals surface area contributed by atoms with Crippen molar-refractivity contribution in [2.24, 2.45) is 0 Å². The minimum Gasteiger partial charge on any atom is -0.457 e. The molecule has 0 spiro atoms. The molecule has 3 nitrogen and oxygen atoms in total. The van der Waals surface area contributed by atoms with Crippen LogP contribution in [0.1, 0.15) is 16.9 Å². The van der Waals surface area contributed by atoms with Crippen molar-refractivity contribution in [2.75, 3.05) is 0 Å². The Bertz CT molecular complexity index is 774. The average molecular weight is 315 g/mol. The maximum absolute atomic E-state index is 11.6. The van der Waals surface area contributed by atoms with Gasteiger partial charge in [-0.25, -0.2) is 0 Å². The van der Waals surface area contributed by atoms with Crippen molar-refractivity contribution in [2.45, 2.75) is 13.8 Å². The number of amides is 1. The number of aryl methyl sites for hydroxylation is 2. The Balaban J connectivity index is 1.94. The highest BCUT2D eigenvalue weighted by atomic mass is 32.2. The van der Waals surface area contributed by atoms with Gasteiger partial charge in [-0.2, -0.15) is 0 Å². The summed E-state index contributed by atoms with van der Waals surface area (Å²) in [4.78, 5) is 12.2. The molecule has 2 heterocycles. The topological polar surface area (TPSA) is 42.2 Å². The number of nitrogens with one attached hydrogen (secondary N) is 1. The van der Waals surface area contributed by atoms with Gasteiger partial charge < -0.3 is 9.73 Å². The standard InChI is InChI=1S/C16H13NO2S2/c1-9-3-4-10(2)12(7-9)13-6-5-11(19-13)8-14-15(18)17-16(20)21-14/h3-8H,1-2H3,(H,17,18,20)/b14-8+. The van der Waals surface area contributed by atoms with Crippen LogP contribution in [0, 0.1) is 13.8 Å². The van der Waals surface area contributed by atoms with Crippen LogP contribution in [0.25, 0.3) is 17.4 Å². The van der Waals surface area contributed by atoms with Crippen molar-refractivity contribution in [3.63, 3.8) is 0 Å². The maximum Gasteiger partial charge on any atom is 0.263 e. The van der Waals surface area contributed by atoms with Crippen molar-refractivity contribution in [3.8, 4) is 11.3 Å². The first kappa shape index (κ1) is 14.1. The molecule has 1 aromatic carbocycles. The number of hydrogen-bond acceptors (Lipinski definition) is 4. The van der Waals surface area contributed by atoms with Crippen LogP contribution in [-0.2, 0) is 4.79 Å². The van der Waals surface area contributed by atoms with E-state index in [1.165, 1.54) is 17.3 Å². The zero-order valence-electron chi connectivity index (χ0n) is 11.6. The van der Waals surface area contributed by atoms with Crippen LogP contribution in [-0.4, -0.2) is 10.2 Å². The number of hydrogen-bond donors (Lipinski definition) is 1. The van der Waals surface area contributed by atoms with Gasteiger partial charge in [-0.15, -0.1) is 0 Å². The average Bonchev–Trinajstić information content (AvgIpc) is 3.00. The first-order valence-corrected chi connectivity index (χ1v) is 7.68. The van der Waals surface area contributed by atoms with Crippen LogP contribution in [0.5, 0.6) is 0 Å². The van der Waals surface area contributed by atoms with Gasteiger partial charge in [0.25, 0.3) is 5.91 Å². The molecular weight excluding hydrogens is 302 g/mol. The number of carbonyl (C=O) groups is 1. The van der Waals surface area contributed by atoms with Gasteiger partial charge in [0, 0.05) is 11.6 Å². The molecule has 0 atom stereocenters. The monoisotopic (exact) mass is 315 g/mol. The third-order valence-corrected chi connectivity index (χ3v) is 4.36. The van der Waals surface area contributed by atoms with Crippen LogP contribution in [0.3, 0.4) is 0 Å². The highest BCUT2D eigenvalue weighted by Gasteiger charge is 2.22. The van der Waals surface area contributed by atoms with Crippen LogP contribution in [0.4, 0.5) is 0 Å². The molecule has 0 radical (unpaired) electrons. The third kappa shape index (κ3) is 2.94. The lowest BCUT2D eigenvalue weighted by Gasteiger charge is -2.03. The summed E-state index contributed by atoms with van der Waals surface area (Å²) >= 11 is 6.21. The molecule has 1 N–H and O–H groups in total. The predicted molar refractivity (Wildman–Crippen MR) is 89.9 cm³/mol. The van der Waals surface area contributed by atoms with Crippen molar-refractivity contribution >= 4 is 40.3 Å². The van der Waals surface area contributed by atoms with E-state index >= 15 is 0 Å². The molecule has 1 saturated heterocycles. The fourth-order valence-corrected chi connectivity index (χ4v) is 3.15. The number of furan rings is 1. The Hall–Kier alpha value is -1.85. The summed E-state index contributed by atoms with van der Waals surface area (Å²) in [6.45, 7) is 4.10. The number of benzene rings is 1. The van der Waals surface area contributed by atoms with Crippen molar-refractivity contribution in [1.29, 1.82) is 0 Å². The molecule has 106 valence electrons. The molecule has 1 amide bonds. The zero-order valence-corrected chi connectivity index (χ0v) is 13.2. The Morgan fingerprint density at radius 2 is 2.05 bits per heavy atom. The minimum atomic E-state index is -0.172. The normalized spacial score (nSPS) is 16.6. The van der Waals surface area contributed by atoms with Gasteiger partial charge in [0.05, 0.1) is 4.91 Å². The summed E-state index contributed by atoms with van der Waals surface area (Å²) in [5, 5.41) is 2.59. The van der Waals surface area contributed by atoms with Gasteiger partial charge in [0.1, 0.15) is 15.8 Å². The summed E-state index contributed by atoms with van der Waals surface area (Å²) in [5.74, 6) is 1.27. The van der Waals surface area contributed by atoms with Gasteiger partial charge in [-0.1, -0.05) is 41.7 Å². The molecule has 3 rings (SSSR count). The second-order valence-electron chi connectivity index (χ2n) is 4.87. The van der Waals surface area contributed by atoms with Crippen molar-refractivity contribution in [3.05, 3.63) is 52.1 Å². The predicted octanol–water partition coefficient (Wildman–Crippen LogP) is 4.05. The summed E-state index contributed by atoms with van der Waals surface area (Å²) in [6, 6.07) is 10.0. The van der Waals surface area contributed by atoms with Crippen LogP contribution in [0.2, 0.25) is 0 Å². The van der Waals surface area contributed by atoms with Crippen LogP contribution < -0.4 is 5.32 Å². The minimum absolute atomic E-state index is 0.172. The Morgan fingerprint density at radius 3 is 2.76 bits per heavy atom. The lowest BCUT2D eigenvalue weighted by Crippen LogP contribution is -2.17. The second-order valence-corrected chi connectivity index (χ2v) is 6.59. The quantitative estimate of drug-likeness (QED) is 0.670. The van der Waals surface area contributed by atoms with E-state index in [0.29, 0.717) is 15.0 Å². The maximum atomic E-state index is 11.6. The Labute approximate surface area is 132 Å². The molecule has 21 heavy (non-hydrogen) atoms. The van der Waals surface area contributed by atoms with Gasteiger partial charge in [0.2, 0.25) is 0 Å². The summed E-state index contributed by atoms with van der Waals surface area (Å²) in [6.07, 6.45) is 1.72. The van der Waals surface area contributed by atoms with E-state index in [0.717, 1.165) is 16.9 Å². The van der Waals surface area contributed by atoms with Crippen LogP contribution >= 0.6 is 24.0 Å². The lowest BCUT2D eigenvalue weighted by atomic mass is 10.0. The molecule has 0 bridgehead atoms. The number of thiocarbonyl (C=S) groups is 1. The molecular formula is C16H13NO2S2. The van der Waals surface area contributed by atoms with E-state index in [1.807, 2.05) is 19.1 Å². The summed E-state index contributed by atoms with van der Waals surface area (Å²) < 4.78 is 6.32. The van der Waals surface area contributed by atoms with E-state index in [4.69, 9.17) is 16.6 Å². The summed E-state index contributed by atoms with van der Waals surface area (Å²) in [7, 11) is 0. The van der Waals surface area contributed by atoms with Crippen molar-refractivity contribution < 1.29 is 9.21 Å². The van der Waals surface area contributed by atoms with Gasteiger partial charge in [0.15, 0.2) is 0 Å². The molecule has 1 aliphatic rings. The first-order valence-electron chi connectivity index (χ1n) is 6.45. The second kappa shape index (κ2) is 5.50. The van der Waals surface area contributed by atoms with E-state index in [2.05, 4.69) is 30.4 Å². The Kier molecular flexibility index (Phi) is 3.69. The van der Waals surface area contributed by atoms with Crippen molar-refractivity contribution in [1.82, 2.24) is 5.32 Å². The summed E-state index contributed by atoms with van der Waals surface area (Å²) in [5.41, 5.74) is 3.41. The molecule has 0 aliphatic carbocycles. The molecule has 0 unspecified atom stereocenters. The zero-order chi connectivity index (χ0) is 15.0. The van der Waals surface area contributed by atoms with E-state index in [9.17, 15) is 4.79 Å². The number of carbonyl (C=O) groups excluding carboxylic acids is 1. The molecule has 2 aromatic rings. The fourth-order valence-electron chi connectivity index (χ4n) is 2.13. The van der Waals surface area contributed by atoms with E-state index in [-0.39, 0.29) is 5.91 Å².